The van der Waals surface area contributed by atoms with Gasteiger partial charge in [-0.3, -0.25) is 9.69 Å². The van der Waals surface area contributed by atoms with E-state index in [0.29, 0.717) is 17.9 Å². The maximum absolute atomic E-state index is 13.4. The van der Waals surface area contributed by atoms with Crippen molar-refractivity contribution in [2.75, 3.05) is 38.3 Å². The van der Waals surface area contributed by atoms with E-state index in [0.717, 1.165) is 69.5 Å². The van der Waals surface area contributed by atoms with E-state index in [1.54, 1.807) is 7.11 Å². The number of methoxy groups -OCH3 is 1. The summed E-state index contributed by atoms with van der Waals surface area (Å²) < 4.78 is 9.32. The van der Waals surface area contributed by atoms with E-state index in [-0.39, 0.29) is 5.56 Å². The van der Waals surface area contributed by atoms with Gasteiger partial charge in [-0.15, -0.1) is 0 Å². The summed E-state index contributed by atoms with van der Waals surface area (Å²) in [5.74, 6) is 2.57. The molecule has 0 N–H and O–H groups in total. The lowest BCUT2D eigenvalue weighted by Gasteiger charge is -2.43. The van der Waals surface area contributed by atoms with Gasteiger partial charge < -0.3 is 14.2 Å². The van der Waals surface area contributed by atoms with Crippen molar-refractivity contribution in [3.05, 3.63) is 39.6 Å². The zero-order valence-corrected chi connectivity index (χ0v) is 18.3. The molecule has 5 rings (SSSR count). The lowest BCUT2D eigenvalue weighted by Crippen LogP contribution is -2.48. The molecular formula is C22H32N6O2. The number of anilines is 1. The van der Waals surface area contributed by atoms with Crippen LogP contribution < -0.4 is 10.5 Å². The van der Waals surface area contributed by atoms with Gasteiger partial charge in [0.05, 0.1) is 6.61 Å². The molecule has 2 fully saturated rings. The van der Waals surface area contributed by atoms with Crippen molar-refractivity contribution in [3.8, 4) is 0 Å². The topological polar surface area (TPSA) is 68.4 Å². The fraction of sp³-hybridized carbons (Fsp3) is 0.682. The average molecular weight is 413 g/mol. The third-order valence-corrected chi connectivity index (χ3v) is 7.04. The van der Waals surface area contributed by atoms with Gasteiger partial charge in [-0.2, -0.15) is 10.1 Å². The quantitative estimate of drug-likeness (QED) is 0.742. The van der Waals surface area contributed by atoms with E-state index >= 15 is 0 Å². The molecular weight excluding hydrogens is 380 g/mol. The number of rotatable bonds is 5. The first-order valence-corrected chi connectivity index (χ1v) is 11.1. The first-order chi connectivity index (χ1) is 14.5. The Kier molecular flexibility index (Phi) is 5.14. The maximum atomic E-state index is 13.4. The molecule has 0 radical (unpaired) electrons. The first kappa shape index (κ1) is 19.8. The van der Waals surface area contributed by atoms with Crippen molar-refractivity contribution in [2.45, 2.75) is 51.2 Å². The number of aromatic nitrogens is 4. The molecule has 8 nitrogen and oxygen atoms in total. The summed E-state index contributed by atoms with van der Waals surface area (Å²) in [4.78, 5) is 22.8. The van der Waals surface area contributed by atoms with Crippen LogP contribution in [-0.2, 0) is 24.9 Å². The fourth-order valence-electron chi connectivity index (χ4n) is 5.75. The molecule has 5 heterocycles. The minimum absolute atomic E-state index is 0.202. The SMILES string of the molecule is COC[C@@H]1CCCN1Cc1ccc2n(c1=O)C[C@H]1C[C@@H]2CN(c2nc(C)nn2C)C1. The number of ether oxygens (including phenoxy) is 1. The number of pyridine rings is 1. The lowest BCUT2D eigenvalue weighted by atomic mass is 9.83. The molecule has 2 aromatic heterocycles. The normalized spacial score (nSPS) is 26.2. The molecule has 3 atom stereocenters. The van der Waals surface area contributed by atoms with Crippen molar-refractivity contribution in [1.29, 1.82) is 0 Å². The van der Waals surface area contributed by atoms with Crippen LogP contribution in [0.25, 0.3) is 0 Å². The highest BCUT2D eigenvalue weighted by molar-refractivity contribution is 5.35. The Morgan fingerprint density at radius 1 is 1.23 bits per heavy atom. The molecule has 3 aliphatic heterocycles. The summed E-state index contributed by atoms with van der Waals surface area (Å²) >= 11 is 0. The van der Waals surface area contributed by atoms with Crippen molar-refractivity contribution in [2.24, 2.45) is 13.0 Å². The summed E-state index contributed by atoms with van der Waals surface area (Å²) in [5.41, 5.74) is 2.30. The second-order valence-corrected chi connectivity index (χ2v) is 9.21. The largest absolute Gasteiger partial charge is 0.383 e. The van der Waals surface area contributed by atoms with Crippen LogP contribution in [0.1, 0.15) is 42.3 Å². The monoisotopic (exact) mass is 412 g/mol. The Hall–Kier alpha value is -2.19. The Balaban J connectivity index is 1.38. The Morgan fingerprint density at radius 2 is 2.10 bits per heavy atom. The van der Waals surface area contributed by atoms with Crippen molar-refractivity contribution < 1.29 is 4.74 Å². The standard InChI is InChI=1S/C22H32N6O2/c1-15-23-22(25(2)24-15)27-10-16-9-18(13-27)20-7-6-17(21(29)28(20)11-16)12-26-8-4-5-19(26)14-30-3/h6-7,16,18-19H,4-5,8-14H2,1-3H3/t16-,18+,19-/m0/s1. The molecule has 2 bridgehead atoms. The number of nitrogens with zero attached hydrogens (tertiary/aromatic N) is 6. The van der Waals surface area contributed by atoms with Crippen molar-refractivity contribution >= 4 is 5.95 Å². The van der Waals surface area contributed by atoms with Gasteiger partial charge in [0.1, 0.15) is 5.82 Å². The van der Waals surface area contributed by atoms with Gasteiger partial charge in [0.25, 0.3) is 5.56 Å². The summed E-state index contributed by atoms with van der Waals surface area (Å²) in [6.07, 6.45) is 3.48. The number of fused-ring (bicyclic) bond motifs is 4. The van der Waals surface area contributed by atoms with E-state index in [2.05, 4.69) is 36.6 Å². The van der Waals surface area contributed by atoms with Crippen molar-refractivity contribution in [3.63, 3.8) is 0 Å². The second-order valence-electron chi connectivity index (χ2n) is 9.21. The van der Waals surface area contributed by atoms with Crippen LogP contribution in [0.3, 0.4) is 0 Å². The highest BCUT2D eigenvalue weighted by atomic mass is 16.5. The molecule has 0 aliphatic carbocycles. The highest BCUT2D eigenvalue weighted by Crippen LogP contribution is 2.36. The molecule has 0 spiro atoms. The summed E-state index contributed by atoms with van der Waals surface area (Å²) in [5, 5.41) is 4.41. The minimum Gasteiger partial charge on any atom is -0.383 e. The van der Waals surface area contributed by atoms with E-state index in [1.807, 2.05) is 18.7 Å². The predicted molar refractivity (Wildman–Crippen MR) is 115 cm³/mol. The molecule has 30 heavy (non-hydrogen) atoms. The van der Waals surface area contributed by atoms with Crippen LogP contribution in [-0.4, -0.2) is 63.6 Å². The van der Waals surface area contributed by atoms with Crippen LogP contribution in [0.2, 0.25) is 0 Å². The summed E-state index contributed by atoms with van der Waals surface area (Å²) in [6.45, 7) is 7.08. The van der Waals surface area contributed by atoms with Gasteiger partial charge in [0.2, 0.25) is 5.95 Å². The first-order valence-electron chi connectivity index (χ1n) is 11.1. The molecule has 3 aliphatic rings. The average Bonchev–Trinajstić information content (AvgIpc) is 3.30. The molecule has 8 heteroatoms. The number of hydrogen-bond donors (Lipinski definition) is 0. The molecule has 162 valence electrons. The van der Waals surface area contributed by atoms with Crippen LogP contribution in [0.15, 0.2) is 16.9 Å². The summed E-state index contributed by atoms with van der Waals surface area (Å²) in [7, 11) is 3.72. The zero-order valence-electron chi connectivity index (χ0n) is 18.3. The Morgan fingerprint density at radius 3 is 2.87 bits per heavy atom. The highest BCUT2D eigenvalue weighted by Gasteiger charge is 2.36. The van der Waals surface area contributed by atoms with Crippen LogP contribution in [0.5, 0.6) is 0 Å². The molecule has 0 unspecified atom stereocenters. The summed E-state index contributed by atoms with van der Waals surface area (Å²) in [6, 6.07) is 4.70. The van der Waals surface area contributed by atoms with Gasteiger partial charge >= 0.3 is 0 Å². The minimum atomic E-state index is 0.202. The van der Waals surface area contributed by atoms with Gasteiger partial charge in [0.15, 0.2) is 0 Å². The maximum Gasteiger partial charge on any atom is 0.255 e. The third kappa shape index (κ3) is 3.46. The zero-order chi connectivity index (χ0) is 20.8. The Labute approximate surface area is 177 Å². The number of aryl methyl sites for hydroxylation is 2. The molecule has 2 aromatic rings. The second kappa shape index (κ2) is 7.81. The van der Waals surface area contributed by atoms with Crippen molar-refractivity contribution in [1.82, 2.24) is 24.2 Å². The predicted octanol–water partition coefficient (Wildman–Crippen LogP) is 1.52. The number of likely N-dealkylation sites (tertiary alicyclic amines) is 1. The third-order valence-electron chi connectivity index (χ3n) is 7.04. The number of piperidine rings is 1. The van der Waals surface area contributed by atoms with Gasteiger partial charge in [-0.25, -0.2) is 4.68 Å². The molecule has 0 saturated carbocycles. The molecule has 2 saturated heterocycles. The van der Waals surface area contributed by atoms with Gasteiger partial charge in [-0.1, -0.05) is 6.07 Å². The lowest BCUT2D eigenvalue weighted by molar-refractivity contribution is 0.111. The van der Waals surface area contributed by atoms with E-state index < -0.39 is 0 Å². The molecule has 0 amide bonds. The van der Waals surface area contributed by atoms with Gasteiger partial charge in [0, 0.05) is 63.6 Å². The van der Waals surface area contributed by atoms with Crippen LogP contribution in [0.4, 0.5) is 5.95 Å². The van der Waals surface area contributed by atoms with E-state index in [9.17, 15) is 4.79 Å². The number of hydrogen-bond acceptors (Lipinski definition) is 6. The van der Waals surface area contributed by atoms with Gasteiger partial charge in [-0.05, 0) is 44.7 Å². The van der Waals surface area contributed by atoms with Crippen LogP contribution in [0, 0.1) is 12.8 Å². The molecule has 0 aromatic carbocycles. The fourth-order valence-corrected chi connectivity index (χ4v) is 5.75. The Bertz CT molecular complexity index is 982. The smallest absolute Gasteiger partial charge is 0.255 e. The van der Waals surface area contributed by atoms with E-state index in [4.69, 9.17) is 4.74 Å². The van der Waals surface area contributed by atoms with Crippen LogP contribution >= 0.6 is 0 Å². The van der Waals surface area contributed by atoms with E-state index in [1.165, 1.54) is 12.1 Å².